The summed E-state index contributed by atoms with van der Waals surface area (Å²) in [6, 6.07) is 12.7. The minimum Gasteiger partial charge on any atom is -0.452 e. The van der Waals surface area contributed by atoms with Crippen LogP contribution in [0.1, 0.15) is 21.6 Å². The molecule has 0 bridgehead atoms. The zero-order valence-electron chi connectivity index (χ0n) is 16.9. The molecule has 0 aliphatic heterocycles. The SMILES string of the molecule is Cc1nn(C)c2nc(-c3cccs3)cc(C(=O)OCC(=O)NCc3ccc(Cl)cc3)c12. The van der Waals surface area contributed by atoms with E-state index in [-0.39, 0.29) is 6.61 Å². The smallest absolute Gasteiger partial charge is 0.339 e. The molecule has 9 heteroatoms. The van der Waals surface area contributed by atoms with Crippen molar-refractivity contribution >= 4 is 45.8 Å². The Labute approximate surface area is 187 Å². The molecule has 7 nitrogen and oxygen atoms in total. The number of nitrogens with one attached hydrogen (secondary N) is 1. The summed E-state index contributed by atoms with van der Waals surface area (Å²) in [5.74, 6) is -0.988. The molecule has 1 aromatic carbocycles. The van der Waals surface area contributed by atoms with Crippen LogP contribution in [0.3, 0.4) is 0 Å². The molecule has 0 aliphatic rings. The molecule has 3 heterocycles. The van der Waals surface area contributed by atoms with E-state index >= 15 is 0 Å². The number of hydrogen-bond donors (Lipinski definition) is 1. The van der Waals surface area contributed by atoms with Crippen LogP contribution in [0, 0.1) is 6.92 Å². The van der Waals surface area contributed by atoms with E-state index in [2.05, 4.69) is 15.4 Å². The van der Waals surface area contributed by atoms with Gasteiger partial charge in [0.25, 0.3) is 5.91 Å². The van der Waals surface area contributed by atoms with Gasteiger partial charge in [0.05, 0.1) is 27.2 Å². The summed E-state index contributed by atoms with van der Waals surface area (Å²) in [5.41, 5.74) is 3.14. The maximum Gasteiger partial charge on any atom is 0.339 e. The molecule has 0 unspecified atom stereocenters. The Balaban J connectivity index is 1.50. The Morgan fingerprint density at radius 1 is 1.23 bits per heavy atom. The van der Waals surface area contributed by atoms with E-state index in [1.54, 1.807) is 29.9 Å². The lowest BCUT2D eigenvalue weighted by Crippen LogP contribution is -2.28. The average Bonchev–Trinajstić information content (AvgIpc) is 3.39. The number of amides is 1. The largest absolute Gasteiger partial charge is 0.452 e. The van der Waals surface area contributed by atoms with E-state index in [1.165, 1.54) is 11.3 Å². The standard InChI is InChI=1S/C22H19ClN4O3S/c1-13-20-16(10-17(18-4-3-9-31-18)25-21(20)27(2)26-13)22(29)30-12-19(28)24-11-14-5-7-15(23)8-6-14/h3-10H,11-12H2,1-2H3,(H,24,28). The first-order chi connectivity index (χ1) is 14.9. The number of halogens is 1. The van der Waals surface area contributed by atoms with Crippen LogP contribution in [0.5, 0.6) is 0 Å². The Morgan fingerprint density at radius 3 is 2.71 bits per heavy atom. The number of esters is 1. The summed E-state index contributed by atoms with van der Waals surface area (Å²) < 4.78 is 6.94. The van der Waals surface area contributed by atoms with Gasteiger partial charge in [-0.25, -0.2) is 9.78 Å². The van der Waals surface area contributed by atoms with Gasteiger partial charge in [0.2, 0.25) is 0 Å². The van der Waals surface area contributed by atoms with E-state index in [0.717, 1.165) is 10.4 Å². The molecule has 4 rings (SSSR count). The van der Waals surface area contributed by atoms with E-state index in [4.69, 9.17) is 16.3 Å². The number of rotatable bonds is 6. The van der Waals surface area contributed by atoms with Gasteiger partial charge in [0.1, 0.15) is 0 Å². The molecule has 4 aromatic rings. The number of pyridine rings is 1. The van der Waals surface area contributed by atoms with Crippen molar-refractivity contribution in [3.05, 3.63) is 69.7 Å². The molecular weight excluding hydrogens is 436 g/mol. The zero-order valence-corrected chi connectivity index (χ0v) is 18.5. The second-order valence-electron chi connectivity index (χ2n) is 6.92. The van der Waals surface area contributed by atoms with Gasteiger partial charge < -0.3 is 10.1 Å². The van der Waals surface area contributed by atoms with Gasteiger partial charge in [-0.05, 0) is 42.1 Å². The van der Waals surface area contributed by atoms with Crippen molar-refractivity contribution < 1.29 is 14.3 Å². The first-order valence-corrected chi connectivity index (χ1v) is 10.7. The Bertz CT molecular complexity index is 1250. The number of benzene rings is 1. The van der Waals surface area contributed by atoms with Crippen molar-refractivity contribution in [3.63, 3.8) is 0 Å². The van der Waals surface area contributed by atoms with Crippen LogP contribution in [-0.4, -0.2) is 33.2 Å². The average molecular weight is 455 g/mol. The van der Waals surface area contributed by atoms with E-state index in [0.29, 0.717) is 39.6 Å². The number of ether oxygens (including phenoxy) is 1. The fraction of sp³-hybridized carbons (Fsp3) is 0.182. The van der Waals surface area contributed by atoms with Crippen molar-refractivity contribution in [1.29, 1.82) is 0 Å². The number of carbonyl (C=O) groups excluding carboxylic acids is 2. The number of carbonyl (C=O) groups is 2. The highest BCUT2D eigenvalue weighted by atomic mass is 35.5. The lowest BCUT2D eigenvalue weighted by molar-refractivity contribution is -0.124. The Morgan fingerprint density at radius 2 is 2.00 bits per heavy atom. The summed E-state index contributed by atoms with van der Waals surface area (Å²) >= 11 is 7.38. The highest BCUT2D eigenvalue weighted by Gasteiger charge is 2.21. The van der Waals surface area contributed by atoms with Crippen LogP contribution in [-0.2, 0) is 23.1 Å². The van der Waals surface area contributed by atoms with Crippen LogP contribution in [0.2, 0.25) is 5.02 Å². The predicted octanol–water partition coefficient (Wildman–Crippen LogP) is 4.13. The van der Waals surface area contributed by atoms with Gasteiger partial charge in [-0.3, -0.25) is 9.48 Å². The van der Waals surface area contributed by atoms with E-state index in [1.807, 2.05) is 36.6 Å². The molecule has 0 spiro atoms. The summed E-state index contributed by atoms with van der Waals surface area (Å²) in [6.45, 7) is 1.74. The number of nitrogens with zero attached hydrogens (tertiary/aromatic N) is 3. The first-order valence-electron chi connectivity index (χ1n) is 9.49. The van der Waals surface area contributed by atoms with E-state index < -0.39 is 11.9 Å². The molecule has 0 atom stereocenters. The summed E-state index contributed by atoms with van der Waals surface area (Å²) in [5, 5.41) is 10.3. The summed E-state index contributed by atoms with van der Waals surface area (Å²) in [7, 11) is 1.78. The highest BCUT2D eigenvalue weighted by molar-refractivity contribution is 7.13. The monoisotopic (exact) mass is 454 g/mol. The fourth-order valence-corrected chi connectivity index (χ4v) is 4.03. The molecule has 0 fully saturated rings. The van der Waals surface area contributed by atoms with Gasteiger partial charge in [0, 0.05) is 18.6 Å². The Kier molecular flexibility index (Phi) is 6.01. The summed E-state index contributed by atoms with van der Waals surface area (Å²) in [4.78, 5) is 30.6. The minimum absolute atomic E-state index is 0.317. The van der Waals surface area contributed by atoms with Gasteiger partial charge >= 0.3 is 5.97 Å². The first kappa shape index (κ1) is 21.0. The van der Waals surface area contributed by atoms with Gasteiger partial charge in [0.15, 0.2) is 12.3 Å². The predicted molar refractivity (Wildman–Crippen MR) is 120 cm³/mol. The molecule has 1 amide bonds. The quantitative estimate of drug-likeness (QED) is 0.443. The molecule has 0 saturated heterocycles. The van der Waals surface area contributed by atoms with Crippen molar-refractivity contribution in [2.45, 2.75) is 13.5 Å². The second-order valence-corrected chi connectivity index (χ2v) is 8.30. The number of aryl methyl sites for hydroxylation is 2. The third-order valence-corrected chi connectivity index (χ3v) is 5.84. The number of thiophene rings is 1. The molecule has 3 aromatic heterocycles. The van der Waals surface area contributed by atoms with Gasteiger partial charge in [-0.2, -0.15) is 5.10 Å². The van der Waals surface area contributed by atoms with Crippen LogP contribution in [0.4, 0.5) is 0 Å². The maximum atomic E-state index is 12.9. The molecule has 0 aliphatic carbocycles. The Hall–Kier alpha value is -3.23. The number of aromatic nitrogens is 3. The van der Waals surface area contributed by atoms with E-state index in [9.17, 15) is 9.59 Å². The van der Waals surface area contributed by atoms with Crippen molar-refractivity contribution in [1.82, 2.24) is 20.1 Å². The fourth-order valence-electron chi connectivity index (χ4n) is 3.22. The second kappa shape index (κ2) is 8.87. The van der Waals surface area contributed by atoms with Crippen LogP contribution in [0.25, 0.3) is 21.6 Å². The van der Waals surface area contributed by atoms with Crippen LogP contribution >= 0.6 is 22.9 Å². The third kappa shape index (κ3) is 4.60. The lowest BCUT2D eigenvalue weighted by atomic mass is 10.1. The normalized spacial score (nSPS) is 10.9. The highest BCUT2D eigenvalue weighted by Crippen LogP contribution is 2.29. The lowest BCUT2D eigenvalue weighted by Gasteiger charge is -2.09. The molecular formula is C22H19ClN4O3S. The number of hydrogen-bond acceptors (Lipinski definition) is 6. The van der Waals surface area contributed by atoms with Crippen LogP contribution in [0.15, 0.2) is 47.8 Å². The number of fused-ring (bicyclic) bond motifs is 1. The topological polar surface area (TPSA) is 86.1 Å². The maximum absolute atomic E-state index is 12.9. The van der Waals surface area contributed by atoms with Crippen molar-refractivity contribution in [2.24, 2.45) is 7.05 Å². The van der Waals surface area contributed by atoms with Gasteiger partial charge in [-0.1, -0.05) is 29.8 Å². The molecule has 0 saturated carbocycles. The molecule has 31 heavy (non-hydrogen) atoms. The molecule has 158 valence electrons. The molecule has 1 N–H and O–H groups in total. The van der Waals surface area contributed by atoms with Crippen molar-refractivity contribution in [2.75, 3.05) is 6.61 Å². The molecule has 0 radical (unpaired) electrons. The minimum atomic E-state index is -0.594. The zero-order chi connectivity index (χ0) is 22.0. The third-order valence-electron chi connectivity index (χ3n) is 4.70. The van der Waals surface area contributed by atoms with Gasteiger partial charge in [-0.15, -0.1) is 11.3 Å². The summed E-state index contributed by atoms with van der Waals surface area (Å²) in [6.07, 6.45) is 0. The van der Waals surface area contributed by atoms with Crippen molar-refractivity contribution in [3.8, 4) is 10.6 Å². The van der Waals surface area contributed by atoms with Crippen LogP contribution < -0.4 is 5.32 Å².